The first-order valence-corrected chi connectivity index (χ1v) is 12.2. The highest BCUT2D eigenvalue weighted by Gasteiger charge is 2.48. The van der Waals surface area contributed by atoms with Crippen LogP contribution in [0.1, 0.15) is 55.7 Å². The van der Waals surface area contributed by atoms with Crippen molar-refractivity contribution in [2.45, 2.75) is 57.3 Å². The van der Waals surface area contributed by atoms with E-state index in [-0.39, 0.29) is 24.5 Å². The van der Waals surface area contributed by atoms with Gasteiger partial charge in [-0.25, -0.2) is 4.39 Å². The minimum Gasteiger partial charge on any atom is -0.375 e. The fourth-order valence-electron chi connectivity index (χ4n) is 5.41. The Kier molecular flexibility index (Phi) is 5.05. The van der Waals surface area contributed by atoms with E-state index in [9.17, 15) is 9.18 Å². The monoisotopic (exact) mass is 473 g/mol. The molecule has 2 saturated heterocycles. The Labute approximate surface area is 197 Å². The number of fused-ring (bicyclic) bond motifs is 3. The number of carbonyl (C=O) groups is 1. The minimum atomic E-state index is -1.31. The van der Waals surface area contributed by atoms with Crippen molar-refractivity contribution in [2.75, 3.05) is 32.8 Å². The summed E-state index contributed by atoms with van der Waals surface area (Å²) >= 11 is 6.34. The quantitative estimate of drug-likeness (QED) is 0.680. The summed E-state index contributed by atoms with van der Waals surface area (Å²) in [4.78, 5) is 16.9. The van der Waals surface area contributed by atoms with Gasteiger partial charge in [-0.05, 0) is 49.4 Å². The lowest BCUT2D eigenvalue weighted by atomic mass is 9.94. The molecule has 0 bridgehead atoms. The molecule has 2 aromatic rings. The van der Waals surface area contributed by atoms with E-state index in [1.54, 1.807) is 0 Å². The number of nitrogens with zero attached hydrogens (tertiary/aromatic N) is 5. The Bertz CT molecular complexity index is 1090. The molecule has 6 rings (SSSR count). The highest BCUT2D eigenvalue weighted by atomic mass is 35.5. The molecule has 0 radical (unpaired) electrons. The summed E-state index contributed by atoms with van der Waals surface area (Å²) in [6.45, 7) is 5.26. The topological polar surface area (TPSA) is 63.5 Å². The molecule has 3 aliphatic heterocycles. The van der Waals surface area contributed by atoms with E-state index in [0.29, 0.717) is 30.6 Å². The second-order valence-electron chi connectivity index (χ2n) is 10.5. The van der Waals surface area contributed by atoms with Gasteiger partial charge in [0, 0.05) is 42.5 Å². The molecule has 1 aromatic heterocycles. The molecule has 7 nitrogen and oxygen atoms in total. The minimum absolute atomic E-state index is 0.125. The van der Waals surface area contributed by atoms with Crippen molar-refractivity contribution >= 4 is 17.5 Å². The van der Waals surface area contributed by atoms with Gasteiger partial charge in [-0.1, -0.05) is 18.5 Å². The van der Waals surface area contributed by atoms with Gasteiger partial charge in [0.25, 0.3) is 0 Å². The van der Waals surface area contributed by atoms with Crippen LogP contribution in [0.2, 0.25) is 5.02 Å². The Morgan fingerprint density at radius 1 is 1.21 bits per heavy atom. The molecule has 1 aromatic carbocycles. The van der Waals surface area contributed by atoms with E-state index in [1.165, 1.54) is 0 Å². The third-order valence-corrected chi connectivity index (χ3v) is 7.92. The lowest BCUT2D eigenvalue weighted by Gasteiger charge is -2.37. The molecular weight excluding hydrogens is 445 g/mol. The predicted molar refractivity (Wildman–Crippen MR) is 121 cm³/mol. The fourth-order valence-corrected chi connectivity index (χ4v) is 5.60. The van der Waals surface area contributed by atoms with Crippen molar-refractivity contribution in [2.24, 2.45) is 5.41 Å². The maximum atomic E-state index is 14.9. The van der Waals surface area contributed by atoms with Crippen LogP contribution < -0.4 is 0 Å². The molecule has 0 N–H and O–H groups in total. The molecule has 4 aliphatic rings. The molecular formula is C24H29ClFN5O2. The number of rotatable bonds is 4. The van der Waals surface area contributed by atoms with Gasteiger partial charge in [0.2, 0.25) is 5.91 Å². The second-order valence-corrected chi connectivity index (χ2v) is 10.9. The van der Waals surface area contributed by atoms with Crippen molar-refractivity contribution in [3.63, 3.8) is 0 Å². The van der Waals surface area contributed by atoms with Gasteiger partial charge in [-0.15, -0.1) is 10.2 Å². The SMILES string of the molecule is CC1(C(=O)N2CCC(c3nnc4n3-c3ccc(Cl)cc3CN(CC3(F)COC3)C4)CC2)CC1. The molecule has 0 unspecified atom stereocenters. The van der Waals surface area contributed by atoms with Crippen LogP contribution in [-0.4, -0.2) is 69.0 Å². The molecule has 1 saturated carbocycles. The Hall–Kier alpha value is -2.03. The molecule has 1 aliphatic carbocycles. The first-order valence-electron chi connectivity index (χ1n) is 11.9. The van der Waals surface area contributed by atoms with Crippen molar-refractivity contribution in [1.29, 1.82) is 0 Å². The average molecular weight is 474 g/mol. The molecule has 176 valence electrons. The van der Waals surface area contributed by atoms with Crippen LogP contribution in [0.25, 0.3) is 5.69 Å². The Morgan fingerprint density at radius 3 is 2.64 bits per heavy atom. The van der Waals surface area contributed by atoms with Crippen molar-refractivity contribution in [1.82, 2.24) is 24.6 Å². The van der Waals surface area contributed by atoms with Crippen molar-refractivity contribution in [3.05, 3.63) is 40.4 Å². The summed E-state index contributed by atoms with van der Waals surface area (Å²) in [5.74, 6) is 2.28. The van der Waals surface area contributed by atoms with E-state index < -0.39 is 5.67 Å². The zero-order valence-corrected chi connectivity index (χ0v) is 19.7. The number of aromatic nitrogens is 3. The maximum absolute atomic E-state index is 14.9. The number of halogens is 2. The van der Waals surface area contributed by atoms with Gasteiger partial charge in [0.1, 0.15) is 5.82 Å². The molecule has 0 atom stereocenters. The molecule has 3 fully saturated rings. The largest absolute Gasteiger partial charge is 0.375 e. The number of hydrogen-bond donors (Lipinski definition) is 0. The summed E-state index contributed by atoms with van der Waals surface area (Å²) in [5.41, 5.74) is 0.618. The molecule has 9 heteroatoms. The standard InChI is InChI=1S/C24H29ClFN5O2/c1-23(6-7-23)22(32)30-8-4-16(5-9-30)21-28-27-20-12-29(13-24(26)14-33-15-24)11-17-10-18(25)2-3-19(17)31(20)21/h2-3,10,16H,4-9,11-15H2,1H3. The summed E-state index contributed by atoms with van der Waals surface area (Å²) in [5, 5.41) is 9.82. The number of hydrogen-bond acceptors (Lipinski definition) is 5. The van der Waals surface area contributed by atoms with Crippen LogP contribution >= 0.6 is 11.6 Å². The number of likely N-dealkylation sites (tertiary alicyclic amines) is 1. The third kappa shape index (κ3) is 3.86. The Morgan fingerprint density at radius 2 is 1.97 bits per heavy atom. The van der Waals surface area contributed by atoms with Crippen LogP contribution in [0.15, 0.2) is 18.2 Å². The van der Waals surface area contributed by atoms with Gasteiger partial charge in [-0.3, -0.25) is 14.3 Å². The van der Waals surface area contributed by atoms with Crippen LogP contribution in [0.5, 0.6) is 0 Å². The smallest absolute Gasteiger partial charge is 0.228 e. The molecule has 33 heavy (non-hydrogen) atoms. The van der Waals surface area contributed by atoms with E-state index in [0.717, 1.165) is 61.7 Å². The predicted octanol–water partition coefficient (Wildman–Crippen LogP) is 3.48. The van der Waals surface area contributed by atoms with Gasteiger partial charge < -0.3 is 9.64 Å². The van der Waals surface area contributed by atoms with Crippen LogP contribution in [0, 0.1) is 5.41 Å². The molecule has 0 spiro atoms. The van der Waals surface area contributed by atoms with Gasteiger partial charge >= 0.3 is 0 Å². The zero-order valence-electron chi connectivity index (χ0n) is 18.9. The number of ether oxygens (including phenoxy) is 1. The van der Waals surface area contributed by atoms with E-state index in [1.807, 2.05) is 23.1 Å². The zero-order chi connectivity index (χ0) is 22.8. The highest BCUT2D eigenvalue weighted by molar-refractivity contribution is 6.30. The normalized spacial score (nSPS) is 23.9. The van der Waals surface area contributed by atoms with Crippen molar-refractivity contribution in [3.8, 4) is 5.69 Å². The highest BCUT2D eigenvalue weighted by Crippen LogP contribution is 2.47. The van der Waals surface area contributed by atoms with Crippen LogP contribution in [-0.2, 0) is 22.6 Å². The van der Waals surface area contributed by atoms with Gasteiger partial charge in [-0.2, -0.15) is 0 Å². The number of alkyl halides is 1. The number of amides is 1. The summed E-state index contributed by atoms with van der Waals surface area (Å²) in [6.07, 6.45) is 3.76. The Balaban J connectivity index is 1.28. The van der Waals surface area contributed by atoms with Crippen molar-refractivity contribution < 1.29 is 13.9 Å². The second kappa shape index (κ2) is 7.75. The van der Waals surface area contributed by atoms with Gasteiger partial charge in [0.05, 0.1) is 25.4 Å². The average Bonchev–Trinajstić information content (AvgIpc) is 3.44. The van der Waals surface area contributed by atoms with E-state index in [4.69, 9.17) is 16.3 Å². The lowest BCUT2D eigenvalue weighted by Crippen LogP contribution is -2.53. The first kappa shape index (κ1) is 21.5. The molecule has 1 amide bonds. The maximum Gasteiger partial charge on any atom is 0.228 e. The van der Waals surface area contributed by atoms with Crippen LogP contribution in [0.3, 0.4) is 0 Å². The van der Waals surface area contributed by atoms with Gasteiger partial charge in [0.15, 0.2) is 11.5 Å². The van der Waals surface area contributed by atoms with Crippen LogP contribution in [0.4, 0.5) is 4.39 Å². The number of carbonyl (C=O) groups excluding carboxylic acids is 1. The fraction of sp³-hybridized carbons (Fsp3) is 0.625. The van der Waals surface area contributed by atoms with E-state index >= 15 is 0 Å². The third-order valence-electron chi connectivity index (χ3n) is 7.69. The summed E-state index contributed by atoms with van der Waals surface area (Å²) < 4.78 is 22.1. The first-order chi connectivity index (χ1) is 15.8. The summed E-state index contributed by atoms with van der Waals surface area (Å²) in [6, 6.07) is 5.86. The molecule has 4 heterocycles. The van der Waals surface area contributed by atoms with E-state index in [2.05, 4.69) is 26.6 Å². The number of benzene rings is 1. The lowest BCUT2D eigenvalue weighted by molar-refractivity contribution is -0.142. The summed E-state index contributed by atoms with van der Waals surface area (Å²) in [7, 11) is 0. The number of piperidine rings is 1.